The summed E-state index contributed by atoms with van der Waals surface area (Å²) in [5.41, 5.74) is 1.70. The number of H-pyrrole nitrogens is 1. The van der Waals surface area contributed by atoms with Gasteiger partial charge in [0.1, 0.15) is 0 Å². The number of carbonyl (C=O) groups excluding carboxylic acids is 1. The first-order valence-corrected chi connectivity index (χ1v) is 9.16. The van der Waals surface area contributed by atoms with Gasteiger partial charge in [-0.3, -0.25) is 4.79 Å². The second-order valence-corrected chi connectivity index (χ2v) is 7.06. The Morgan fingerprint density at radius 2 is 2.03 bits per heavy atom. The minimum atomic E-state index is -2.71. The minimum absolute atomic E-state index is 0.161. The van der Waals surface area contributed by atoms with Crippen LogP contribution in [0.5, 0.6) is 0 Å². The molecule has 0 radical (unpaired) electrons. The van der Waals surface area contributed by atoms with Crippen molar-refractivity contribution >= 4 is 22.6 Å². The van der Waals surface area contributed by atoms with Crippen molar-refractivity contribution in [2.24, 2.45) is 5.92 Å². The van der Waals surface area contributed by atoms with Crippen LogP contribution >= 0.6 is 0 Å². The molecule has 1 atom stereocenters. The van der Waals surface area contributed by atoms with Gasteiger partial charge in [-0.1, -0.05) is 0 Å². The van der Waals surface area contributed by atoms with Crippen LogP contribution in [0, 0.1) is 17.6 Å². The Balaban J connectivity index is 1.36. The number of amides is 1. The summed E-state index contributed by atoms with van der Waals surface area (Å²) >= 11 is 0. The Bertz CT molecular complexity index is 1050. The lowest BCUT2D eigenvalue weighted by Crippen LogP contribution is -2.31. The van der Waals surface area contributed by atoms with Gasteiger partial charge in [0.05, 0.1) is 11.0 Å². The number of anilines is 1. The predicted molar refractivity (Wildman–Crippen MR) is 100 cm³/mol. The van der Waals surface area contributed by atoms with Gasteiger partial charge in [-0.2, -0.15) is 0 Å². The standard InChI is InChI=1S/C20H18F4N4O/c21-14-3-2-13(8-15(14)22)28-6-5-11(10-28)9-25-20(29)12-1-4-16-17(7-12)27-19(26-16)18(23)24/h1-4,7-8,11,18H,5-6,9-10H2,(H,25,29)(H,26,27). The lowest BCUT2D eigenvalue weighted by molar-refractivity contribution is 0.0948. The van der Waals surface area contributed by atoms with E-state index in [2.05, 4.69) is 15.3 Å². The molecule has 0 spiro atoms. The van der Waals surface area contributed by atoms with Crippen LogP contribution in [0.2, 0.25) is 0 Å². The summed E-state index contributed by atoms with van der Waals surface area (Å²) in [7, 11) is 0. The largest absolute Gasteiger partial charge is 0.371 e. The van der Waals surface area contributed by atoms with E-state index in [0.717, 1.165) is 12.5 Å². The zero-order valence-corrected chi connectivity index (χ0v) is 15.3. The molecule has 9 heteroatoms. The molecular formula is C20H18F4N4O. The molecule has 1 aromatic heterocycles. The molecule has 3 aromatic rings. The van der Waals surface area contributed by atoms with E-state index >= 15 is 0 Å². The Kier molecular flexibility index (Phi) is 5.12. The Labute approximate surface area is 163 Å². The van der Waals surface area contributed by atoms with Gasteiger partial charge >= 0.3 is 0 Å². The average molecular weight is 406 g/mol. The second-order valence-electron chi connectivity index (χ2n) is 7.06. The van der Waals surface area contributed by atoms with Crippen molar-refractivity contribution in [2.75, 3.05) is 24.5 Å². The number of alkyl halides is 2. The van der Waals surface area contributed by atoms with Crippen LogP contribution in [0.1, 0.15) is 29.0 Å². The Morgan fingerprint density at radius 1 is 1.21 bits per heavy atom. The number of halogens is 4. The summed E-state index contributed by atoms with van der Waals surface area (Å²) < 4.78 is 52.0. The first-order valence-electron chi connectivity index (χ1n) is 9.16. The number of aromatic nitrogens is 2. The highest BCUT2D eigenvalue weighted by Gasteiger charge is 2.24. The molecule has 1 unspecified atom stereocenters. The van der Waals surface area contributed by atoms with Crippen LogP contribution in [-0.4, -0.2) is 35.5 Å². The fourth-order valence-corrected chi connectivity index (χ4v) is 3.53. The molecule has 0 aliphatic carbocycles. The first-order chi connectivity index (χ1) is 13.9. The van der Waals surface area contributed by atoms with Gasteiger partial charge < -0.3 is 15.2 Å². The van der Waals surface area contributed by atoms with Gasteiger partial charge in [0.2, 0.25) is 0 Å². The van der Waals surface area contributed by atoms with E-state index in [-0.39, 0.29) is 11.8 Å². The van der Waals surface area contributed by atoms with E-state index < -0.39 is 23.9 Å². The number of fused-ring (bicyclic) bond motifs is 1. The molecule has 4 rings (SSSR count). The van der Waals surface area contributed by atoms with Gasteiger partial charge in [-0.15, -0.1) is 0 Å². The molecule has 5 nitrogen and oxygen atoms in total. The van der Waals surface area contributed by atoms with Crippen molar-refractivity contribution in [3.8, 4) is 0 Å². The normalized spacial score (nSPS) is 16.7. The molecular weight excluding hydrogens is 388 g/mol. The summed E-state index contributed by atoms with van der Waals surface area (Å²) in [6.45, 7) is 1.72. The SMILES string of the molecule is O=C(NCC1CCN(c2ccc(F)c(F)c2)C1)c1ccc2nc(C(F)F)[nH]c2c1. The topological polar surface area (TPSA) is 61.0 Å². The monoisotopic (exact) mass is 406 g/mol. The van der Waals surface area contributed by atoms with Gasteiger partial charge in [-0.25, -0.2) is 22.5 Å². The number of hydrogen-bond donors (Lipinski definition) is 2. The van der Waals surface area contributed by atoms with E-state index in [1.54, 1.807) is 0 Å². The van der Waals surface area contributed by atoms with Crippen molar-refractivity contribution in [3.05, 3.63) is 59.4 Å². The summed E-state index contributed by atoms with van der Waals surface area (Å²) in [6, 6.07) is 8.36. The van der Waals surface area contributed by atoms with Crippen molar-refractivity contribution in [1.29, 1.82) is 0 Å². The van der Waals surface area contributed by atoms with Gasteiger partial charge in [0.25, 0.3) is 12.3 Å². The smallest absolute Gasteiger partial charge is 0.295 e. The molecule has 1 fully saturated rings. The number of hydrogen-bond acceptors (Lipinski definition) is 3. The average Bonchev–Trinajstić information content (AvgIpc) is 3.34. The summed E-state index contributed by atoms with van der Waals surface area (Å²) in [5.74, 6) is -2.35. The maximum atomic E-state index is 13.4. The maximum Gasteiger partial charge on any atom is 0.295 e. The minimum Gasteiger partial charge on any atom is -0.371 e. The van der Waals surface area contributed by atoms with Crippen molar-refractivity contribution in [2.45, 2.75) is 12.8 Å². The van der Waals surface area contributed by atoms with Crippen LogP contribution in [0.15, 0.2) is 36.4 Å². The molecule has 2 aromatic carbocycles. The van der Waals surface area contributed by atoms with Crippen LogP contribution in [0.3, 0.4) is 0 Å². The van der Waals surface area contributed by atoms with Gasteiger partial charge in [-0.05, 0) is 42.7 Å². The van der Waals surface area contributed by atoms with Gasteiger partial charge in [0.15, 0.2) is 17.5 Å². The van der Waals surface area contributed by atoms with Crippen LogP contribution < -0.4 is 10.2 Å². The Morgan fingerprint density at radius 3 is 2.79 bits per heavy atom. The molecule has 152 valence electrons. The van der Waals surface area contributed by atoms with Gasteiger partial charge in [0, 0.05) is 37.0 Å². The highest BCUT2D eigenvalue weighted by atomic mass is 19.3. The van der Waals surface area contributed by atoms with Crippen LogP contribution in [0.4, 0.5) is 23.2 Å². The molecule has 2 N–H and O–H groups in total. The number of imidazole rings is 1. The molecule has 1 saturated heterocycles. The molecule has 1 aliphatic rings. The lowest BCUT2D eigenvalue weighted by Gasteiger charge is -2.19. The maximum absolute atomic E-state index is 13.4. The number of nitrogens with zero attached hydrogens (tertiary/aromatic N) is 2. The van der Waals surface area contributed by atoms with E-state index in [4.69, 9.17) is 0 Å². The quantitative estimate of drug-likeness (QED) is 0.629. The molecule has 2 heterocycles. The number of benzene rings is 2. The van der Waals surface area contributed by atoms with Crippen LogP contribution in [-0.2, 0) is 0 Å². The number of nitrogens with one attached hydrogen (secondary N) is 2. The zero-order chi connectivity index (χ0) is 20.5. The number of carbonyl (C=O) groups is 1. The molecule has 0 saturated carbocycles. The van der Waals surface area contributed by atoms with Crippen molar-refractivity contribution in [1.82, 2.24) is 15.3 Å². The van der Waals surface area contributed by atoms with E-state index in [9.17, 15) is 22.4 Å². The number of rotatable bonds is 5. The number of aromatic amines is 1. The van der Waals surface area contributed by atoms with E-state index in [1.165, 1.54) is 30.3 Å². The van der Waals surface area contributed by atoms with E-state index in [1.807, 2.05) is 4.90 Å². The predicted octanol–water partition coefficient (Wildman–Crippen LogP) is 4.04. The molecule has 1 aliphatic heterocycles. The first kappa shape index (κ1) is 19.2. The summed E-state index contributed by atoms with van der Waals surface area (Å²) in [5, 5.41) is 2.85. The van der Waals surface area contributed by atoms with Crippen molar-refractivity contribution in [3.63, 3.8) is 0 Å². The molecule has 0 bridgehead atoms. The Hall–Kier alpha value is -3.10. The second kappa shape index (κ2) is 7.73. The summed E-state index contributed by atoms with van der Waals surface area (Å²) in [4.78, 5) is 20.7. The highest BCUT2D eigenvalue weighted by molar-refractivity contribution is 5.97. The van der Waals surface area contributed by atoms with Crippen LogP contribution in [0.25, 0.3) is 11.0 Å². The fraction of sp³-hybridized carbons (Fsp3) is 0.300. The molecule has 29 heavy (non-hydrogen) atoms. The lowest BCUT2D eigenvalue weighted by atomic mass is 10.1. The zero-order valence-electron chi connectivity index (χ0n) is 15.3. The third kappa shape index (κ3) is 4.03. The third-order valence-corrected chi connectivity index (χ3v) is 5.07. The summed E-state index contributed by atoms with van der Waals surface area (Å²) in [6.07, 6.45) is -1.91. The van der Waals surface area contributed by atoms with Crippen molar-refractivity contribution < 1.29 is 22.4 Å². The highest BCUT2D eigenvalue weighted by Crippen LogP contribution is 2.25. The molecule has 1 amide bonds. The van der Waals surface area contributed by atoms with E-state index in [0.29, 0.717) is 41.9 Å². The fourth-order valence-electron chi connectivity index (χ4n) is 3.53. The third-order valence-electron chi connectivity index (χ3n) is 5.07.